The Labute approximate surface area is 139 Å². The number of hydrogen-bond donors (Lipinski definition) is 0. The highest BCUT2D eigenvalue weighted by molar-refractivity contribution is 5.90. The Morgan fingerprint density at radius 1 is 1.42 bits per heavy atom. The van der Waals surface area contributed by atoms with E-state index in [-0.39, 0.29) is 11.6 Å². The predicted octanol–water partition coefficient (Wildman–Crippen LogP) is 0.593. The molecule has 3 heterocycles. The Bertz CT molecular complexity index is 812. The molecule has 1 amide bonds. The molecule has 24 heavy (non-hydrogen) atoms. The number of imidazole rings is 1. The van der Waals surface area contributed by atoms with Crippen LogP contribution in [-0.2, 0) is 20.1 Å². The Morgan fingerprint density at radius 3 is 2.96 bits per heavy atom. The molecule has 0 fully saturated rings. The van der Waals surface area contributed by atoms with Gasteiger partial charge in [-0.2, -0.15) is 9.83 Å². The molecule has 0 bridgehead atoms. The molecule has 0 aliphatic heterocycles. The first-order valence-corrected chi connectivity index (χ1v) is 7.54. The third-order valence-corrected chi connectivity index (χ3v) is 3.65. The summed E-state index contributed by atoms with van der Waals surface area (Å²) in [7, 11) is 1.82. The molecule has 0 saturated heterocycles. The van der Waals surface area contributed by atoms with Crippen molar-refractivity contribution in [2.45, 2.75) is 13.1 Å². The van der Waals surface area contributed by atoms with Gasteiger partial charge in [0, 0.05) is 63.0 Å². The fourth-order valence-electron chi connectivity index (χ4n) is 2.44. The average molecular weight is 326 g/mol. The summed E-state index contributed by atoms with van der Waals surface area (Å²) in [6, 6.07) is 4.81. The number of pyridine rings is 1. The van der Waals surface area contributed by atoms with Gasteiger partial charge in [0.25, 0.3) is 5.69 Å². The van der Waals surface area contributed by atoms with E-state index in [0.29, 0.717) is 24.4 Å². The number of carbonyl (C=O) groups excluding carboxylic acids is 1. The van der Waals surface area contributed by atoms with Crippen LogP contribution in [-0.4, -0.2) is 36.7 Å². The third-order valence-electron chi connectivity index (χ3n) is 3.65. The van der Waals surface area contributed by atoms with E-state index in [1.807, 2.05) is 24.0 Å². The molecule has 0 atom stereocenters. The maximum atomic E-state index is 12.8. The number of nitrogens with zero attached hydrogens (tertiary/aromatic N) is 6. The van der Waals surface area contributed by atoms with Crippen molar-refractivity contribution < 1.29 is 9.52 Å². The van der Waals surface area contributed by atoms with Crippen LogP contribution < -0.4 is 4.73 Å². The number of aromatic nitrogens is 5. The topological polar surface area (TPSA) is 82.9 Å². The van der Waals surface area contributed by atoms with E-state index >= 15 is 0 Å². The summed E-state index contributed by atoms with van der Waals surface area (Å²) >= 11 is 0. The molecule has 0 saturated carbocycles. The summed E-state index contributed by atoms with van der Waals surface area (Å²) in [6.07, 6.45) is 10.1. The van der Waals surface area contributed by atoms with Gasteiger partial charge < -0.3 is 14.7 Å². The summed E-state index contributed by atoms with van der Waals surface area (Å²) in [5, 5.41) is 16.0. The lowest BCUT2D eigenvalue weighted by Gasteiger charge is -2.21. The molecule has 0 radical (unpaired) electrons. The molecule has 3 aromatic heterocycles. The number of hydrogen-bond acceptors (Lipinski definition) is 4. The van der Waals surface area contributed by atoms with Crippen molar-refractivity contribution in [3.05, 3.63) is 72.0 Å². The van der Waals surface area contributed by atoms with Gasteiger partial charge >= 0.3 is 5.91 Å². The molecule has 0 unspecified atom stereocenters. The number of rotatable bonds is 6. The van der Waals surface area contributed by atoms with E-state index in [1.54, 1.807) is 40.4 Å². The van der Waals surface area contributed by atoms with Crippen molar-refractivity contribution in [1.82, 2.24) is 24.2 Å². The molecular formula is C16H18N6O2. The molecule has 0 aliphatic carbocycles. The quantitative estimate of drug-likeness (QED) is 0.490. The maximum absolute atomic E-state index is 12.8. The molecule has 8 nitrogen and oxygen atoms in total. The maximum Gasteiger partial charge on any atom is 0.320 e. The van der Waals surface area contributed by atoms with Crippen molar-refractivity contribution in [3.8, 4) is 0 Å². The van der Waals surface area contributed by atoms with E-state index < -0.39 is 0 Å². The van der Waals surface area contributed by atoms with Crippen LogP contribution in [0.5, 0.6) is 0 Å². The minimum Gasteiger partial charge on any atom is -0.618 e. The van der Waals surface area contributed by atoms with Crippen molar-refractivity contribution in [3.63, 3.8) is 0 Å². The Kier molecular flexibility index (Phi) is 4.55. The zero-order valence-electron chi connectivity index (χ0n) is 13.3. The summed E-state index contributed by atoms with van der Waals surface area (Å²) < 4.78 is 4.17. The van der Waals surface area contributed by atoms with Gasteiger partial charge in [-0.25, -0.2) is 4.98 Å². The smallest absolute Gasteiger partial charge is 0.320 e. The molecule has 3 aromatic rings. The molecule has 0 N–H and O–H groups in total. The summed E-state index contributed by atoms with van der Waals surface area (Å²) in [5.41, 5.74) is 1.01. The van der Waals surface area contributed by atoms with Gasteiger partial charge in [0.2, 0.25) is 0 Å². The number of carbonyl (C=O) groups is 1. The van der Waals surface area contributed by atoms with Crippen LogP contribution in [0, 0.1) is 5.21 Å². The lowest BCUT2D eigenvalue weighted by molar-refractivity contribution is -0.608. The zero-order chi connectivity index (χ0) is 16.9. The SMILES string of the molecule is Cn1cc(CN(CCn2ccnc2)C(=O)c2cccc[n+]2[O-])cn1. The van der Waals surface area contributed by atoms with Crippen LogP contribution in [0.1, 0.15) is 16.1 Å². The molecule has 124 valence electrons. The summed E-state index contributed by atoms with van der Waals surface area (Å²) in [4.78, 5) is 18.4. The third kappa shape index (κ3) is 3.60. The van der Waals surface area contributed by atoms with Gasteiger partial charge in [-0.3, -0.25) is 9.48 Å². The van der Waals surface area contributed by atoms with Crippen LogP contribution in [0.3, 0.4) is 0 Å². The lowest BCUT2D eigenvalue weighted by Crippen LogP contribution is -2.42. The molecule has 8 heteroatoms. The van der Waals surface area contributed by atoms with Crippen LogP contribution in [0.25, 0.3) is 0 Å². The lowest BCUT2D eigenvalue weighted by atomic mass is 10.2. The molecular weight excluding hydrogens is 308 g/mol. The largest absolute Gasteiger partial charge is 0.618 e. The second-order valence-corrected chi connectivity index (χ2v) is 5.46. The second-order valence-electron chi connectivity index (χ2n) is 5.46. The van der Waals surface area contributed by atoms with Crippen molar-refractivity contribution in [2.24, 2.45) is 7.05 Å². The monoisotopic (exact) mass is 326 g/mol. The van der Waals surface area contributed by atoms with Crippen LogP contribution in [0.15, 0.2) is 55.5 Å². The van der Waals surface area contributed by atoms with Crippen LogP contribution in [0.4, 0.5) is 0 Å². The minimum absolute atomic E-state index is 0.104. The minimum atomic E-state index is -0.311. The first kappa shape index (κ1) is 15.7. The standard InChI is InChI=1S/C16H18N6O2/c1-19-11-14(10-18-19)12-21(9-8-20-7-5-17-13-20)16(23)15-4-2-3-6-22(15)24/h2-7,10-11,13H,8-9,12H2,1H3. The Balaban J connectivity index is 1.80. The molecule has 0 spiro atoms. The van der Waals surface area contributed by atoms with Crippen LogP contribution in [0.2, 0.25) is 0 Å². The van der Waals surface area contributed by atoms with Crippen molar-refractivity contribution >= 4 is 5.91 Å². The fraction of sp³-hybridized carbons (Fsp3) is 0.250. The van der Waals surface area contributed by atoms with Crippen molar-refractivity contribution in [2.75, 3.05) is 6.54 Å². The first-order chi connectivity index (χ1) is 11.6. The molecule has 3 rings (SSSR count). The highest BCUT2D eigenvalue weighted by Crippen LogP contribution is 2.08. The van der Waals surface area contributed by atoms with Gasteiger partial charge in [-0.1, -0.05) is 0 Å². The normalized spacial score (nSPS) is 10.7. The highest BCUT2D eigenvalue weighted by atomic mass is 16.5. The van der Waals surface area contributed by atoms with E-state index in [9.17, 15) is 10.0 Å². The number of amides is 1. The fourth-order valence-corrected chi connectivity index (χ4v) is 2.44. The van der Waals surface area contributed by atoms with Gasteiger partial charge in [-0.05, 0) is 6.07 Å². The number of aryl methyl sites for hydroxylation is 1. The second kappa shape index (κ2) is 6.95. The van der Waals surface area contributed by atoms with E-state index in [4.69, 9.17) is 0 Å². The molecule has 0 aromatic carbocycles. The van der Waals surface area contributed by atoms with Crippen molar-refractivity contribution in [1.29, 1.82) is 0 Å². The van der Waals surface area contributed by atoms with Gasteiger partial charge in [0.1, 0.15) is 0 Å². The van der Waals surface area contributed by atoms with Gasteiger partial charge in [0.15, 0.2) is 6.20 Å². The first-order valence-electron chi connectivity index (χ1n) is 7.54. The zero-order valence-corrected chi connectivity index (χ0v) is 13.3. The van der Waals surface area contributed by atoms with E-state index in [2.05, 4.69) is 10.1 Å². The van der Waals surface area contributed by atoms with E-state index in [0.717, 1.165) is 5.56 Å². The summed E-state index contributed by atoms with van der Waals surface area (Å²) in [6.45, 7) is 1.44. The van der Waals surface area contributed by atoms with Gasteiger partial charge in [0.05, 0.1) is 12.5 Å². The van der Waals surface area contributed by atoms with Crippen LogP contribution >= 0.6 is 0 Å². The summed E-state index contributed by atoms with van der Waals surface area (Å²) in [5.74, 6) is -0.311. The Morgan fingerprint density at radius 2 is 2.29 bits per heavy atom. The predicted molar refractivity (Wildman–Crippen MR) is 85.6 cm³/mol. The Hall–Kier alpha value is -3.16. The molecule has 0 aliphatic rings. The van der Waals surface area contributed by atoms with E-state index in [1.165, 1.54) is 12.3 Å². The average Bonchev–Trinajstić information content (AvgIpc) is 3.23. The highest BCUT2D eigenvalue weighted by Gasteiger charge is 2.23. The van der Waals surface area contributed by atoms with Gasteiger partial charge in [-0.15, -0.1) is 0 Å².